The SMILES string of the molecule is O=C(O)CC1CNCCCN1C1CCCC1. The predicted octanol–water partition coefficient (Wildman–Crippen LogP) is 1.07. The minimum absolute atomic E-state index is 0.197. The van der Waals surface area contributed by atoms with Crippen molar-refractivity contribution in [3.63, 3.8) is 0 Å². The van der Waals surface area contributed by atoms with E-state index in [1.54, 1.807) is 0 Å². The van der Waals surface area contributed by atoms with Crippen LogP contribution in [-0.2, 0) is 4.79 Å². The molecule has 0 amide bonds. The molecular weight excluding hydrogens is 204 g/mol. The van der Waals surface area contributed by atoms with Crippen LogP contribution >= 0.6 is 0 Å². The average Bonchev–Trinajstić information content (AvgIpc) is 2.66. The fraction of sp³-hybridized carbons (Fsp3) is 0.917. The van der Waals surface area contributed by atoms with Crippen molar-refractivity contribution in [1.82, 2.24) is 10.2 Å². The largest absolute Gasteiger partial charge is 0.481 e. The monoisotopic (exact) mass is 226 g/mol. The molecule has 0 radical (unpaired) electrons. The molecule has 0 aromatic carbocycles. The summed E-state index contributed by atoms with van der Waals surface area (Å²) < 4.78 is 0. The van der Waals surface area contributed by atoms with Crippen molar-refractivity contribution in [3.05, 3.63) is 0 Å². The number of aliphatic carboxylic acids is 1. The summed E-state index contributed by atoms with van der Waals surface area (Å²) in [6, 6.07) is 0.840. The maximum Gasteiger partial charge on any atom is 0.304 e. The predicted molar refractivity (Wildman–Crippen MR) is 62.5 cm³/mol. The van der Waals surface area contributed by atoms with Crippen LogP contribution in [0, 0.1) is 0 Å². The van der Waals surface area contributed by atoms with Gasteiger partial charge in [0.15, 0.2) is 0 Å². The molecule has 92 valence electrons. The van der Waals surface area contributed by atoms with E-state index in [1.807, 2.05) is 0 Å². The minimum atomic E-state index is -0.670. The topological polar surface area (TPSA) is 52.6 Å². The second-order valence-electron chi connectivity index (χ2n) is 4.99. The maximum absolute atomic E-state index is 10.9. The number of carbonyl (C=O) groups is 1. The number of hydrogen-bond donors (Lipinski definition) is 2. The highest BCUT2D eigenvalue weighted by molar-refractivity contribution is 5.67. The van der Waals surface area contributed by atoms with E-state index in [4.69, 9.17) is 5.11 Å². The Kier molecular flexibility index (Phi) is 4.18. The smallest absolute Gasteiger partial charge is 0.304 e. The van der Waals surface area contributed by atoms with Gasteiger partial charge in [-0.1, -0.05) is 12.8 Å². The van der Waals surface area contributed by atoms with E-state index in [0.717, 1.165) is 26.1 Å². The van der Waals surface area contributed by atoms with Crippen LogP contribution in [0.4, 0.5) is 0 Å². The summed E-state index contributed by atoms with van der Waals surface area (Å²) in [5.74, 6) is -0.670. The van der Waals surface area contributed by atoms with Crippen LogP contribution in [0.5, 0.6) is 0 Å². The third kappa shape index (κ3) is 2.95. The molecule has 1 heterocycles. The number of carboxylic acid groups (broad SMARTS) is 1. The second kappa shape index (κ2) is 5.64. The Balaban J connectivity index is 1.99. The molecule has 0 aromatic heterocycles. The molecule has 1 aliphatic carbocycles. The van der Waals surface area contributed by atoms with Crippen LogP contribution in [0.25, 0.3) is 0 Å². The lowest BCUT2D eigenvalue weighted by Gasteiger charge is -2.34. The molecule has 0 spiro atoms. The fourth-order valence-corrected chi connectivity index (χ4v) is 3.06. The van der Waals surface area contributed by atoms with Gasteiger partial charge in [0.1, 0.15) is 0 Å². The van der Waals surface area contributed by atoms with E-state index in [0.29, 0.717) is 6.04 Å². The Hall–Kier alpha value is -0.610. The molecule has 1 saturated heterocycles. The first-order valence-corrected chi connectivity index (χ1v) is 6.45. The number of carboxylic acids is 1. The molecule has 0 bridgehead atoms. The fourth-order valence-electron chi connectivity index (χ4n) is 3.06. The zero-order chi connectivity index (χ0) is 11.4. The summed E-state index contributed by atoms with van der Waals surface area (Å²) in [6.45, 7) is 2.93. The Bertz CT molecular complexity index is 239. The van der Waals surface area contributed by atoms with Gasteiger partial charge in [-0.15, -0.1) is 0 Å². The molecule has 2 aliphatic rings. The third-order valence-electron chi connectivity index (χ3n) is 3.82. The van der Waals surface area contributed by atoms with E-state index < -0.39 is 5.97 Å². The highest BCUT2D eigenvalue weighted by Gasteiger charge is 2.30. The number of rotatable bonds is 3. The molecule has 0 aromatic rings. The first-order chi connectivity index (χ1) is 7.77. The van der Waals surface area contributed by atoms with E-state index in [2.05, 4.69) is 10.2 Å². The van der Waals surface area contributed by atoms with Gasteiger partial charge in [-0.05, 0) is 32.4 Å². The molecule has 1 atom stereocenters. The van der Waals surface area contributed by atoms with Gasteiger partial charge in [0.25, 0.3) is 0 Å². The van der Waals surface area contributed by atoms with Crippen molar-refractivity contribution < 1.29 is 9.90 Å². The van der Waals surface area contributed by atoms with Crippen LogP contribution in [0.15, 0.2) is 0 Å². The van der Waals surface area contributed by atoms with Crippen LogP contribution < -0.4 is 5.32 Å². The normalized spacial score (nSPS) is 29.1. The zero-order valence-corrected chi connectivity index (χ0v) is 9.82. The van der Waals surface area contributed by atoms with E-state index in [1.165, 1.54) is 25.7 Å². The lowest BCUT2D eigenvalue weighted by Crippen LogP contribution is -2.46. The molecule has 4 heteroatoms. The van der Waals surface area contributed by atoms with Gasteiger partial charge in [-0.25, -0.2) is 0 Å². The molecule has 1 saturated carbocycles. The van der Waals surface area contributed by atoms with Gasteiger partial charge in [0.2, 0.25) is 0 Å². The zero-order valence-electron chi connectivity index (χ0n) is 9.82. The lowest BCUT2D eigenvalue weighted by molar-refractivity contribution is -0.138. The van der Waals surface area contributed by atoms with Crippen molar-refractivity contribution in [2.75, 3.05) is 19.6 Å². The number of hydrogen-bond acceptors (Lipinski definition) is 3. The molecular formula is C12H22N2O2. The summed E-state index contributed by atoms with van der Waals surface area (Å²) >= 11 is 0. The van der Waals surface area contributed by atoms with Crippen molar-refractivity contribution in [2.24, 2.45) is 0 Å². The Labute approximate surface area is 97.0 Å². The average molecular weight is 226 g/mol. The molecule has 1 unspecified atom stereocenters. The van der Waals surface area contributed by atoms with Gasteiger partial charge in [0, 0.05) is 18.6 Å². The lowest BCUT2D eigenvalue weighted by atomic mass is 10.1. The van der Waals surface area contributed by atoms with Gasteiger partial charge < -0.3 is 10.4 Å². The quantitative estimate of drug-likeness (QED) is 0.756. The summed E-state index contributed by atoms with van der Waals surface area (Å²) in [7, 11) is 0. The number of nitrogens with zero attached hydrogens (tertiary/aromatic N) is 1. The second-order valence-corrected chi connectivity index (χ2v) is 4.99. The Morgan fingerprint density at radius 1 is 1.31 bits per heavy atom. The van der Waals surface area contributed by atoms with Crippen molar-refractivity contribution >= 4 is 5.97 Å². The summed E-state index contributed by atoms with van der Waals surface area (Å²) in [4.78, 5) is 13.3. The third-order valence-corrected chi connectivity index (χ3v) is 3.82. The standard InChI is InChI=1S/C12H22N2O2/c15-12(16)8-11-9-13-6-3-7-14(11)10-4-1-2-5-10/h10-11,13H,1-9H2,(H,15,16). The first kappa shape index (κ1) is 11.9. The maximum atomic E-state index is 10.9. The van der Waals surface area contributed by atoms with Crippen molar-refractivity contribution in [2.45, 2.75) is 50.6 Å². The molecule has 4 nitrogen and oxygen atoms in total. The van der Waals surface area contributed by atoms with Gasteiger partial charge in [-0.2, -0.15) is 0 Å². The molecule has 2 rings (SSSR count). The number of nitrogens with one attached hydrogen (secondary N) is 1. The van der Waals surface area contributed by atoms with E-state index in [-0.39, 0.29) is 12.5 Å². The molecule has 2 fully saturated rings. The van der Waals surface area contributed by atoms with Crippen LogP contribution in [0.3, 0.4) is 0 Å². The van der Waals surface area contributed by atoms with Crippen LogP contribution in [0.2, 0.25) is 0 Å². The van der Waals surface area contributed by atoms with Gasteiger partial charge in [-0.3, -0.25) is 9.69 Å². The van der Waals surface area contributed by atoms with Gasteiger partial charge >= 0.3 is 5.97 Å². The van der Waals surface area contributed by atoms with Crippen LogP contribution in [-0.4, -0.2) is 47.7 Å². The van der Waals surface area contributed by atoms with E-state index in [9.17, 15) is 4.79 Å². The molecule has 1 aliphatic heterocycles. The van der Waals surface area contributed by atoms with Gasteiger partial charge in [0.05, 0.1) is 6.42 Å². The summed E-state index contributed by atoms with van der Waals surface area (Å²) in [5.41, 5.74) is 0. The first-order valence-electron chi connectivity index (χ1n) is 6.45. The summed E-state index contributed by atoms with van der Waals surface area (Å²) in [5, 5.41) is 12.3. The van der Waals surface area contributed by atoms with Crippen molar-refractivity contribution in [1.29, 1.82) is 0 Å². The Morgan fingerprint density at radius 3 is 2.75 bits per heavy atom. The highest BCUT2D eigenvalue weighted by atomic mass is 16.4. The van der Waals surface area contributed by atoms with Crippen molar-refractivity contribution in [3.8, 4) is 0 Å². The van der Waals surface area contributed by atoms with E-state index >= 15 is 0 Å². The molecule has 2 N–H and O–H groups in total. The Morgan fingerprint density at radius 2 is 2.06 bits per heavy atom. The molecule has 16 heavy (non-hydrogen) atoms. The summed E-state index contributed by atoms with van der Waals surface area (Å²) in [6.07, 6.45) is 6.57. The minimum Gasteiger partial charge on any atom is -0.481 e. The van der Waals surface area contributed by atoms with Crippen LogP contribution in [0.1, 0.15) is 38.5 Å². The highest BCUT2D eigenvalue weighted by Crippen LogP contribution is 2.26.